The Bertz CT molecular complexity index is 551. The summed E-state index contributed by atoms with van der Waals surface area (Å²) in [5, 5.41) is 3.04. The third-order valence-electron chi connectivity index (χ3n) is 4.05. The summed E-state index contributed by atoms with van der Waals surface area (Å²) in [6.45, 7) is 1.91. The van der Waals surface area contributed by atoms with E-state index in [4.69, 9.17) is 4.74 Å². The van der Waals surface area contributed by atoms with Gasteiger partial charge < -0.3 is 10.1 Å². The maximum absolute atomic E-state index is 12.3. The highest BCUT2D eigenvalue weighted by Crippen LogP contribution is 2.48. The van der Waals surface area contributed by atoms with Gasteiger partial charge in [-0.1, -0.05) is 12.1 Å². The smallest absolute Gasteiger partial charge is 0.240 e. The van der Waals surface area contributed by atoms with E-state index in [1.54, 1.807) is 19.2 Å². The summed E-state index contributed by atoms with van der Waals surface area (Å²) in [6.07, 6.45) is 3.05. The second-order valence-corrected chi connectivity index (χ2v) is 7.51. The minimum absolute atomic E-state index is 0.106. The van der Waals surface area contributed by atoms with Crippen LogP contribution in [0, 0.1) is 5.41 Å². The van der Waals surface area contributed by atoms with Gasteiger partial charge >= 0.3 is 0 Å². The monoisotopic (exact) mass is 312 g/mol. The Balaban J connectivity index is 1.95. The zero-order valence-corrected chi connectivity index (χ0v) is 13.5. The quantitative estimate of drug-likeness (QED) is 0.725. The van der Waals surface area contributed by atoms with Gasteiger partial charge in [0, 0.05) is 26.8 Å². The van der Waals surface area contributed by atoms with Gasteiger partial charge in [0.15, 0.2) is 0 Å². The van der Waals surface area contributed by atoms with E-state index in [1.807, 2.05) is 19.2 Å². The van der Waals surface area contributed by atoms with E-state index in [-0.39, 0.29) is 5.41 Å². The van der Waals surface area contributed by atoms with E-state index in [0.29, 0.717) is 18.0 Å². The Morgan fingerprint density at radius 2 is 1.90 bits per heavy atom. The molecule has 0 spiro atoms. The summed E-state index contributed by atoms with van der Waals surface area (Å²) in [6, 6.07) is 6.99. The summed E-state index contributed by atoms with van der Waals surface area (Å²) in [5.41, 5.74) is 1.17. The van der Waals surface area contributed by atoms with Crippen molar-refractivity contribution in [1.82, 2.24) is 10.0 Å². The fourth-order valence-corrected chi connectivity index (χ4v) is 3.49. The second-order valence-electron chi connectivity index (χ2n) is 5.74. The topological polar surface area (TPSA) is 67.4 Å². The van der Waals surface area contributed by atoms with Crippen molar-refractivity contribution in [3.63, 3.8) is 0 Å². The Hall–Kier alpha value is -0.950. The Morgan fingerprint density at radius 3 is 2.43 bits per heavy atom. The van der Waals surface area contributed by atoms with E-state index in [1.165, 1.54) is 0 Å². The Labute approximate surface area is 127 Å². The van der Waals surface area contributed by atoms with Gasteiger partial charge in [0.2, 0.25) is 10.0 Å². The summed E-state index contributed by atoms with van der Waals surface area (Å²) in [7, 11) is 0.115. The van der Waals surface area contributed by atoms with Gasteiger partial charge in [-0.2, -0.15) is 0 Å². The normalized spacial score (nSPS) is 16.9. The average molecular weight is 312 g/mol. The molecule has 0 saturated heterocycles. The molecule has 0 amide bonds. The molecule has 0 aromatic heterocycles. The summed E-state index contributed by atoms with van der Waals surface area (Å²) >= 11 is 0. The summed E-state index contributed by atoms with van der Waals surface area (Å²) < 4.78 is 32.4. The number of methoxy groups -OCH3 is 1. The van der Waals surface area contributed by atoms with E-state index in [9.17, 15) is 8.42 Å². The molecule has 0 bridgehead atoms. The average Bonchev–Trinajstić information content (AvgIpc) is 3.25. The van der Waals surface area contributed by atoms with Crippen molar-refractivity contribution >= 4 is 10.0 Å². The lowest BCUT2D eigenvalue weighted by atomic mass is 10.0. The molecule has 1 aliphatic rings. The van der Waals surface area contributed by atoms with Crippen molar-refractivity contribution in [2.45, 2.75) is 30.7 Å². The van der Waals surface area contributed by atoms with Crippen LogP contribution in [-0.2, 0) is 21.3 Å². The molecule has 118 valence electrons. The molecule has 1 aromatic carbocycles. The summed E-state index contributed by atoms with van der Waals surface area (Å²) in [5.74, 6) is 0. The van der Waals surface area contributed by atoms with Crippen LogP contribution in [0.3, 0.4) is 0 Å². The maximum Gasteiger partial charge on any atom is 0.240 e. The lowest BCUT2D eigenvalue weighted by molar-refractivity contribution is 0.173. The van der Waals surface area contributed by atoms with Crippen LogP contribution in [0.5, 0.6) is 0 Å². The summed E-state index contributed by atoms with van der Waals surface area (Å²) in [4.78, 5) is 0.324. The molecular weight excluding hydrogens is 288 g/mol. The molecule has 1 saturated carbocycles. The largest absolute Gasteiger partial charge is 0.385 e. The third kappa shape index (κ3) is 4.51. The molecule has 1 aliphatic carbocycles. The molecule has 0 aliphatic heterocycles. The van der Waals surface area contributed by atoms with Gasteiger partial charge in [0.25, 0.3) is 0 Å². The van der Waals surface area contributed by atoms with Crippen molar-refractivity contribution in [2.75, 3.05) is 27.3 Å². The maximum atomic E-state index is 12.3. The number of nitrogens with one attached hydrogen (secondary N) is 2. The van der Waals surface area contributed by atoms with Crippen molar-refractivity contribution < 1.29 is 13.2 Å². The Kier molecular flexibility index (Phi) is 5.37. The highest BCUT2D eigenvalue weighted by molar-refractivity contribution is 7.89. The number of rotatable bonds is 9. The van der Waals surface area contributed by atoms with Crippen LogP contribution in [0.4, 0.5) is 0 Å². The molecule has 21 heavy (non-hydrogen) atoms. The van der Waals surface area contributed by atoms with Crippen LogP contribution in [0.1, 0.15) is 24.8 Å². The van der Waals surface area contributed by atoms with Crippen LogP contribution < -0.4 is 10.0 Å². The van der Waals surface area contributed by atoms with Gasteiger partial charge in [-0.25, -0.2) is 13.1 Å². The number of sulfonamides is 1. The number of hydrogen-bond acceptors (Lipinski definition) is 4. The van der Waals surface area contributed by atoms with Gasteiger partial charge in [0.05, 0.1) is 4.90 Å². The number of ether oxygens (including phenoxy) is 1. The predicted octanol–water partition coefficient (Wildman–Crippen LogP) is 1.50. The molecule has 2 N–H and O–H groups in total. The number of benzene rings is 1. The zero-order valence-electron chi connectivity index (χ0n) is 12.7. The molecule has 0 heterocycles. The van der Waals surface area contributed by atoms with Crippen molar-refractivity contribution in [3.05, 3.63) is 29.8 Å². The first-order valence-corrected chi connectivity index (χ1v) is 8.72. The highest BCUT2D eigenvalue weighted by atomic mass is 32.2. The SMILES string of the molecule is CNCc1ccc(S(=O)(=O)NCC2(CCOC)CC2)cc1. The third-order valence-corrected chi connectivity index (χ3v) is 5.46. The minimum Gasteiger partial charge on any atom is -0.385 e. The molecule has 6 heteroatoms. The molecule has 2 rings (SSSR count). The van der Waals surface area contributed by atoms with Gasteiger partial charge in [-0.15, -0.1) is 0 Å². The van der Waals surface area contributed by atoms with E-state index < -0.39 is 10.0 Å². The Morgan fingerprint density at radius 1 is 1.24 bits per heavy atom. The van der Waals surface area contributed by atoms with Gasteiger partial charge in [0.1, 0.15) is 0 Å². The minimum atomic E-state index is -3.42. The molecule has 0 radical (unpaired) electrons. The lowest BCUT2D eigenvalue weighted by Crippen LogP contribution is -2.31. The first-order chi connectivity index (χ1) is 10.0. The van der Waals surface area contributed by atoms with Crippen LogP contribution in [-0.4, -0.2) is 35.7 Å². The fraction of sp³-hybridized carbons (Fsp3) is 0.600. The van der Waals surface area contributed by atoms with Crippen molar-refractivity contribution in [2.24, 2.45) is 5.41 Å². The molecule has 0 atom stereocenters. The standard InChI is InChI=1S/C15H24N2O3S/c1-16-11-13-3-5-14(6-4-13)21(18,19)17-12-15(7-8-15)9-10-20-2/h3-6,16-17H,7-12H2,1-2H3. The lowest BCUT2D eigenvalue weighted by Gasteiger charge is -2.15. The molecule has 5 nitrogen and oxygen atoms in total. The number of hydrogen-bond donors (Lipinski definition) is 2. The highest BCUT2D eigenvalue weighted by Gasteiger charge is 2.42. The fourth-order valence-electron chi connectivity index (χ4n) is 2.33. The van der Waals surface area contributed by atoms with Gasteiger partial charge in [-0.05, 0) is 49.4 Å². The van der Waals surface area contributed by atoms with Crippen LogP contribution >= 0.6 is 0 Å². The first-order valence-electron chi connectivity index (χ1n) is 7.23. The molecule has 0 unspecified atom stereocenters. The predicted molar refractivity (Wildman–Crippen MR) is 82.6 cm³/mol. The second kappa shape index (κ2) is 6.87. The van der Waals surface area contributed by atoms with Crippen LogP contribution in [0.2, 0.25) is 0 Å². The van der Waals surface area contributed by atoms with E-state index in [2.05, 4.69) is 10.0 Å². The molecular formula is C15H24N2O3S. The first kappa shape index (κ1) is 16.4. The molecule has 1 fully saturated rings. The van der Waals surface area contributed by atoms with Crippen molar-refractivity contribution in [1.29, 1.82) is 0 Å². The zero-order chi connectivity index (χ0) is 15.3. The van der Waals surface area contributed by atoms with Crippen LogP contribution in [0.25, 0.3) is 0 Å². The van der Waals surface area contributed by atoms with Gasteiger partial charge in [-0.3, -0.25) is 0 Å². The molecule has 1 aromatic rings. The van der Waals surface area contributed by atoms with E-state index >= 15 is 0 Å². The van der Waals surface area contributed by atoms with Crippen LogP contribution in [0.15, 0.2) is 29.2 Å². The van der Waals surface area contributed by atoms with E-state index in [0.717, 1.165) is 31.4 Å². The van der Waals surface area contributed by atoms with Crippen molar-refractivity contribution in [3.8, 4) is 0 Å².